The highest BCUT2D eigenvalue weighted by molar-refractivity contribution is 7.92. The molecule has 12 heteroatoms. The van der Waals surface area contributed by atoms with Crippen LogP contribution in [-0.2, 0) is 24.7 Å². The van der Waals surface area contributed by atoms with Crippen molar-refractivity contribution < 1.29 is 30.4 Å². The minimum Gasteiger partial charge on any atom is -0.345 e. The molecule has 3 rings (SSSR count). The molecule has 0 saturated carbocycles. The molecule has 27 heavy (non-hydrogen) atoms. The van der Waals surface area contributed by atoms with E-state index in [-0.39, 0.29) is 16.3 Å². The molecular weight excluding hydrogens is 404 g/mol. The Morgan fingerprint density at radius 2 is 1.89 bits per heavy atom. The minimum absolute atomic E-state index is 0.141. The van der Waals surface area contributed by atoms with E-state index >= 15 is 0 Å². The summed E-state index contributed by atoms with van der Waals surface area (Å²) in [6.45, 7) is 0. The number of hydrogen-bond donors (Lipinski definition) is 2. The molecule has 0 saturated heterocycles. The Morgan fingerprint density at radius 3 is 2.59 bits per heavy atom. The van der Waals surface area contributed by atoms with E-state index in [1.165, 1.54) is 6.07 Å². The fourth-order valence-corrected chi connectivity index (χ4v) is 4.50. The van der Waals surface area contributed by atoms with Crippen molar-refractivity contribution in [2.75, 3.05) is 16.4 Å². The highest BCUT2D eigenvalue weighted by Crippen LogP contribution is 2.28. The van der Waals surface area contributed by atoms with Crippen LogP contribution < -0.4 is 10.6 Å². The maximum absolute atomic E-state index is 13.5. The van der Waals surface area contributed by atoms with E-state index in [9.17, 15) is 30.4 Å². The molecule has 2 aromatic carbocycles. The molecule has 0 atom stereocenters. The van der Waals surface area contributed by atoms with Crippen LogP contribution in [0.5, 0.6) is 0 Å². The number of hydrogen-bond acceptors (Lipinski definition) is 6. The SMILES string of the molecule is O=C(CS(=O)(=O)c1ccc2c(c1)S(=O)(=O)N=CN2)Nc1ccc(F)cc1F. The molecule has 0 radical (unpaired) electrons. The van der Waals surface area contributed by atoms with Gasteiger partial charge in [-0.15, -0.1) is 4.40 Å². The lowest BCUT2D eigenvalue weighted by Crippen LogP contribution is -2.24. The largest absolute Gasteiger partial charge is 0.345 e. The maximum atomic E-state index is 13.5. The Kier molecular flexibility index (Phi) is 4.70. The third kappa shape index (κ3) is 3.95. The van der Waals surface area contributed by atoms with Crippen LogP contribution in [0.15, 0.2) is 50.6 Å². The van der Waals surface area contributed by atoms with E-state index in [1.54, 1.807) is 0 Å². The summed E-state index contributed by atoms with van der Waals surface area (Å²) in [7, 11) is -8.29. The van der Waals surface area contributed by atoms with Gasteiger partial charge in [0.25, 0.3) is 10.0 Å². The summed E-state index contributed by atoms with van der Waals surface area (Å²) in [6.07, 6.45) is 0.955. The average Bonchev–Trinajstić information content (AvgIpc) is 2.56. The van der Waals surface area contributed by atoms with Crippen molar-refractivity contribution >= 4 is 43.5 Å². The van der Waals surface area contributed by atoms with Crippen LogP contribution in [0.2, 0.25) is 0 Å². The highest BCUT2D eigenvalue weighted by atomic mass is 32.2. The van der Waals surface area contributed by atoms with Crippen molar-refractivity contribution in [1.82, 2.24) is 0 Å². The number of anilines is 2. The van der Waals surface area contributed by atoms with Crippen molar-refractivity contribution in [3.8, 4) is 0 Å². The summed E-state index contributed by atoms with van der Waals surface area (Å²) >= 11 is 0. The number of halogens is 2. The lowest BCUT2D eigenvalue weighted by atomic mass is 10.3. The second-order valence-corrected chi connectivity index (χ2v) is 9.03. The van der Waals surface area contributed by atoms with Crippen LogP contribution in [0, 0.1) is 11.6 Å². The number of fused-ring (bicyclic) bond motifs is 1. The zero-order valence-electron chi connectivity index (χ0n) is 13.3. The molecule has 0 bridgehead atoms. The van der Waals surface area contributed by atoms with Gasteiger partial charge in [-0.1, -0.05) is 0 Å². The van der Waals surface area contributed by atoms with Gasteiger partial charge < -0.3 is 10.6 Å². The van der Waals surface area contributed by atoms with Gasteiger partial charge in [0.1, 0.15) is 28.6 Å². The molecule has 2 N–H and O–H groups in total. The first-order chi connectivity index (χ1) is 12.6. The first-order valence-corrected chi connectivity index (χ1v) is 10.3. The van der Waals surface area contributed by atoms with Crippen LogP contribution in [0.25, 0.3) is 0 Å². The van der Waals surface area contributed by atoms with Crippen molar-refractivity contribution in [2.24, 2.45) is 4.40 Å². The first kappa shape index (κ1) is 18.9. The molecule has 0 spiro atoms. The van der Waals surface area contributed by atoms with Gasteiger partial charge >= 0.3 is 0 Å². The van der Waals surface area contributed by atoms with Crippen LogP contribution in [0.1, 0.15) is 0 Å². The van der Waals surface area contributed by atoms with Gasteiger partial charge in [-0.25, -0.2) is 17.2 Å². The number of benzene rings is 2. The zero-order chi connectivity index (χ0) is 19.8. The van der Waals surface area contributed by atoms with Gasteiger partial charge in [0.2, 0.25) is 5.91 Å². The monoisotopic (exact) mass is 415 g/mol. The molecule has 1 aliphatic heterocycles. The van der Waals surface area contributed by atoms with E-state index in [0.29, 0.717) is 6.07 Å². The summed E-state index contributed by atoms with van der Waals surface area (Å²) in [4.78, 5) is 11.2. The number of carbonyl (C=O) groups excluding carboxylic acids is 1. The maximum Gasteiger partial charge on any atom is 0.285 e. The predicted octanol–water partition coefficient (Wildman–Crippen LogP) is 1.52. The summed E-state index contributed by atoms with van der Waals surface area (Å²) in [5, 5.41) is 4.59. The van der Waals surface area contributed by atoms with E-state index in [2.05, 4.69) is 9.71 Å². The quantitative estimate of drug-likeness (QED) is 0.781. The standard InChI is InChI=1S/C15H11F2N3O5S2/c16-9-1-3-12(11(17)5-9)20-15(21)7-26(22,23)10-2-4-13-14(6-10)27(24,25)19-8-18-13/h1-6,8H,7H2,(H,18,19)(H,20,21). The molecule has 8 nitrogen and oxygen atoms in total. The normalized spacial score (nSPS) is 14.9. The molecule has 0 aromatic heterocycles. The number of nitrogens with one attached hydrogen (secondary N) is 2. The molecule has 0 unspecified atom stereocenters. The second-order valence-electron chi connectivity index (χ2n) is 5.44. The second kappa shape index (κ2) is 6.70. The third-order valence-electron chi connectivity index (χ3n) is 3.53. The Labute approximate surface area is 152 Å². The van der Waals surface area contributed by atoms with E-state index in [4.69, 9.17) is 0 Å². The van der Waals surface area contributed by atoms with Gasteiger partial charge in [-0.3, -0.25) is 4.79 Å². The van der Waals surface area contributed by atoms with Gasteiger partial charge in [0.15, 0.2) is 9.84 Å². The first-order valence-electron chi connectivity index (χ1n) is 7.25. The van der Waals surface area contributed by atoms with E-state index in [1.807, 2.05) is 5.32 Å². The van der Waals surface area contributed by atoms with E-state index < -0.39 is 48.1 Å². The fraction of sp³-hybridized carbons (Fsp3) is 0.0667. The Bertz CT molecular complexity index is 1180. The van der Waals surface area contributed by atoms with Gasteiger partial charge in [-0.2, -0.15) is 8.42 Å². The number of amides is 1. The van der Waals surface area contributed by atoms with Gasteiger partial charge in [0.05, 0.1) is 16.3 Å². The number of sulfone groups is 1. The molecule has 1 amide bonds. The molecule has 1 aliphatic rings. The molecule has 142 valence electrons. The van der Waals surface area contributed by atoms with E-state index in [0.717, 1.165) is 30.6 Å². The number of rotatable bonds is 4. The molecular formula is C15H11F2N3O5S2. The Balaban J connectivity index is 1.84. The predicted molar refractivity (Wildman–Crippen MR) is 92.8 cm³/mol. The molecule has 1 heterocycles. The Morgan fingerprint density at radius 1 is 1.15 bits per heavy atom. The molecule has 0 aliphatic carbocycles. The highest BCUT2D eigenvalue weighted by Gasteiger charge is 2.26. The molecule has 0 fully saturated rings. The van der Waals surface area contributed by atoms with Gasteiger partial charge in [0, 0.05) is 6.07 Å². The number of nitrogens with zero attached hydrogens (tertiary/aromatic N) is 1. The topological polar surface area (TPSA) is 122 Å². The number of carbonyl (C=O) groups is 1. The summed E-state index contributed by atoms with van der Waals surface area (Å²) in [6, 6.07) is 5.62. The fourth-order valence-electron chi connectivity index (χ4n) is 2.28. The van der Waals surface area contributed by atoms with Gasteiger partial charge in [-0.05, 0) is 30.3 Å². The van der Waals surface area contributed by atoms with Crippen molar-refractivity contribution in [2.45, 2.75) is 9.79 Å². The summed E-state index contributed by atoms with van der Waals surface area (Å²) in [5.74, 6) is -4.06. The lowest BCUT2D eigenvalue weighted by Gasteiger charge is -2.13. The smallest absolute Gasteiger partial charge is 0.285 e. The average molecular weight is 415 g/mol. The minimum atomic E-state index is -4.24. The summed E-state index contributed by atoms with van der Waals surface area (Å²) < 4.78 is 78.3. The van der Waals surface area contributed by atoms with Crippen LogP contribution in [-0.4, -0.2) is 34.8 Å². The van der Waals surface area contributed by atoms with Crippen molar-refractivity contribution in [3.63, 3.8) is 0 Å². The third-order valence-corrected chi connectivity index (χ3v) is 6.42. The van der Waals surface area contributed by atoms with Crippen molar-refractivity contribution in [3.05, 3.63) is 48.0 Å². The van der Waals surface area contributed by atoms with Crippen LogP contribution >= 0.6 is 0 Å². The summed E-state index contributed by atoms with van der Waals surface area (Å²) in [5.41, 5.74) is -0.245. The zero-order valence-corrected chi connectivity index (χ0v) is 14.9. The number of sulfonamides is 1. The van der Waals surface area contributed by atoms with Crippen LogP contribution in [0.4, 0.5) is 20.2 Å². The Hall–Kier alpha value is -2.86. The van der Waals surface area contributed by atoms with Crippen molar-refractivity contribution in [1.29, 1.82) is 0 Å². The molecule has 2 aromatic rings. The van der Waals surface area contributed by atoms with Crippen LogP contribution in [0.3, 0.4) is 0 Å². The lowest BCUT2D eigenvalue weighted by molar-refractivity contribution is -0.113.